The molecule has 0 aliphatic carbocycles. The monoisotopic (exact) mass is 296 g/mol. The molecule has 1 unspecified atom stereocenters. The van der Waals surface area contributed by atoms with Crippen LogP contribution in [0.5, 0.6) is 0 Å². The number of hydrogen-bond donors (Lipinski definition) is 0. The molecular weight excluding hydrogens is 276 g/mol. The summed E-state index contributed by atoms with van der Waals surface area (Å²) in [6.07, 6.45) is 5.17. The highest BCUT2D eigenvalue weighted by atomic mass is 15.4. The van der Waals surface area contributed by atoms with Gasteiger partial charge in [-0.05, 0) is 45.2 Å². The van der Waals surface area contributed by atoms with Gasteiger partial charge in [0.25, 0.3) is 0 Å². The van der Waals surface area contributed by atoms with E-state index in [9.17, 15) is 0 Å². The van der Waals surface area contributed by atoms with Gasteiger partial charge in [0, 0.05) is 12.7 Å². The van der Waals surface area contributed by atoms with E-state index in [4.69, 9.17) is 5.26 Å². The van der Waals surface area contributed by atoms with E-state index in [-0.39, 0.29) is 0 Å². The molecule has 0 radical (unpaired) electrons. The minimum absolute atomic E-state index is 0.369. The van der Waals surface area contributed by atoms with E-state index >= 15 is 0 Å². The standard InChI is InChI=1S/C16H20N6/c1-12-19-13(2)22(20-12)11-15-5-3-4-8-21(15)16-7-6-14(9-17)10-18-16/h6-7,10,15H,3-5,8,11H2,1-2H3. The van der Waals surface area contributed by atoms with Crippen LogP contribution in [0.1, 0.15) is 36.5 Å². The van der Waals surface area contributed by atoms with Gasteiger partial charge in [-0.1, -0.05) is 0 Å². The van der Waals surface area contributed by atoms with Crippen molar-refractivity contribution in [2.45, 2.75) is 45.7 Å². The van der Waals surface area contributed by atoms with E-state index in [1.165, 1.54) is 12.8 Å². The Labute approximate surface area is 130 Å². The number of anilines is 1. The Morgan fingerprint density at radius 3 is 2.82 bits per heavy atom. The molecule has 114 valence electrons. The lowest BCUT2D eigenvalue weighted by atomic mass is 10.0. The SMILES string of the molecule is Cc1nc(C)n(CC2CCCCN2c2ccc(C#N)cn2)n1. The third kappa shape index (κ3) is 2.93. The molecule has 1 aliphatic heterocycles. The van der Waals surface area contributed by atoms with Crippen LogP contribution >= 0.6 is 0 Å². The second-order valence-electron chi connectivity index (χ2n) is 5.75. The molecular formula is C16H20N6. The molecule has 0 amide bonds. The van der Waals surface area contributed by atoms with Crippen molar-refractivity contribution < 1.29 is 0 Å². The van der Waals surface area contributed by atoms with Gasteiger partial charge in [0.05, 0.1) is 18.2 Å². The van der Waals surface area contributed by atoms with E-state index in [1.54, 1.807) is 6.20 Å². The van der Waals surface area contributed by atoms with Crippen molar-refractivity contribution in [2.75, 3.05) is 11.4 Å². The predicted octanol–water partition coefficient (Wildman–Crippen LogP) is 2.22. The van der Waals surface area contributed by atoms with Gasteiger partial charge < -0.3 is 4.90 Å². The molecule has 0 saturated carbocycles. The number of rotatable bonds is 3. The molecule has 6 heteroatoms. The van der Waals surface area contributed by atoms with Crippen LogP contribution in [0.15, 0.2) is 18.3 Å². The van der Waals surface area contributed by atoms with Gasteiger partial charge >= 0.3 is 0 Å². The van der Waals surface area contributed by atoms with Crippen molar-refractivity contribution in [3.8, 4) is 6.07 Å². The van der Waals surface area contributed by atoms with Gasteiger partial charge in [-0.3, -0.25) is 0 Å². The fraction of sp³-hybridized carbons (Fsp3) is 0.500. The van der Waals surface area contributed by atoms with Crippen LogP contribution in [0.25, 0.3) is 0 Å². The highest BCUT2D eigenvalue weighted by Crippen LogP contribution is 2.24. The number of nitrogens with zero attached hydrogens (tertiary/aromatic N) is 6. The summed E-state index contributed by atoms with van der Waals surface area (Å²) in [7, 11) is 0. The van der Waals surface area contributed by atoms with Crippen molar-refractivity contribution in [2.24, 2.45) is 0 Å². The third-order valence-corrected chi connectivity index (χ3v) is 4.14. The molecule has 1 atom stereocenters. The first-order chi connectivity index (χ1) is 10.7. The third-order valence-electron chi connectivity index (χ3n) is 4.14. The fourth-order valence-electron chi connectivity index (χ4n) is 3.05. The van der Waals surface area contributed by atoms with E-state index < -0.39 is 0 Å². The average molecular weight is 296 g/mol. The second kappa shape index (κ2) is 6.14. The van der Waals surface area contributed by atoms with Crippen molar-refractivity contribution in [3.63, 3.8) is 0 Å². The Balaban J connectivity index is 1.81. The van der Waals surface area contributed by atoms with Crippen LogP contribution in [0.4, 0.5) is 5.82 Å². The average Bonchev–Trinajstić information content (AvgIpc) is 2.86. The summed E-state index contributed by atoms with van der Waals surface area (Å²) < 4.78 is 1.99. The van der Waals surface area contributed by atoms with Crippen LogP contribution in [-0.2, 0) is 6.54 Å². The van der Waals surface area contributed by atoms with E-state index in [2.05, 4.69) is 26.0 Å². The Hall–Kier alpha value is -2.42. The molecule has 1 aliphatic rings. The molecule has 0 N–H and O–H groups in total. The number of nitriles is 1. The smallest absolute Gasteiger partial charge is 0.147 e. The highest BCUT2D eigenvalue weighted by Gasteiger charge is 2.25. The zero-order valence-electron chi connectivity index (χ0n) is 13.0. The van der Waals surface area contributed by atoms with Gasteiger partial charge in [-0.15, -0.1) is 0 Å². The lowest BCUT2D eigenvalue weighted by Crippen LogP contribution is -2.43. The van der Waals surface area contributed by atoms with E-state index in [0.717, 1.165) is 37.0 Å². The lowest BCUT2D eigenvalue weighted by Gasteiger charge is -2.36. The zero-order valence-corrected chi connectivity index (χ0v) is 13.0. The minimum atomic E-state index is 0.369. The molecule has 2 aromatic rings. The van der Waals surface area contributed by atoms with Gasteiger partial charge in [0.1, 0.15) is 23.5 Å². The maximum absolute atomic E-state index is 8.90. The molecule has 2 aromatic heterocycles. The summed E-state index contributed by atoms with van der Waals surface area (Å²) in [5.74, 6) is 2.71. The van der Waals surface area contributed by atoms with Crippen molar-refractivity contribution >= 4 is 5.82 Å². The van der Waals surface area contributed by atoms with Gasteiger partial charge in [0.2, 0.25) is 0 Å². The zero-order chi connectivity index (χ0) is 15.5. The van der Waals surface area contributed by atoms with Crippen molar-refractivity contribution in [1.82, 2.24) is 19.7 Å². The normalized spacial score (nSPS) is 18.2. The summed E-state index contributed by atoms with van der Waals surface area (Å²) in [6, 6.07) is 6.26. The van der Waals surface area contributed by atoms with Crippen molar-refractivity contribution in [3.05, 3.63) is 35.5 Å². The largest absolute Gasteiger partial charge is 0.352 e. The first-order valence-corrected chi connectivity index (χ1v) is 7.68. The summed E-state index contributed by atoms with van der Waals surface area (Å²) in [5.41, 5.74) is 0.597. The maximum Gasteiger partial charge on any atom is 0.147 e. The molecule has 3 heterocycles. The minimum Gasteiger partial charge on any atom is -0.352 e. The molecule has 1 fully saturated rings. The number of pyridine rings is 1. The second-order valence-corrected chi connectivity index (χ2v) is 5.75. The van der Waals surface area contributed by atoms with Crippen LogP contribution in [0, 0.1) is 25.2 Å². The van der Waals surface area contributed by atoms with Crippen LogP contribution < -0.4 is 4.90 Å². The number of hydrogen-bond acceptors (Lipinski definition) is 5. The van der Waals surface area contributed by atoms with Crippen LogP contribution in [0.3, 0.4) is 0 Å². The summed E-state index contributed by atoms with van der Waals surface area (Å²) in [4.78, 5) is 11.2. The van der Waals surface area contributed by atoms with Crippen LogP contribution in [0.2, 0.25) is 0 Å². The molecule has 6 nitrogen and oxygen atoms in total. The van der Waals surface area contributed by atoms with Crippen molar-refractivity contribution in [1.29, 1.82) is 5.26 Å². The Bertz CT molecular complexity index is 682. The first kappa shape index (κ1) is 14.5. The predicted molar refractivity (Wildman–Crippen MR) is 83.4 cm³/mol. The molecule has 1 saturated heterocycles. The van der Waals surface area contributed by atoms with Gasteiger partial charge in [0.15, 0.2) is 0 Å². The van der Waals surface area contributed by atoms with Gasteiger partial charge in [-0.25, -0.2) is 14.6 Å². The molecule has 0 spiro atoms. The fourth-order valence-corrected chi connectivity index (χ4v) is 3.05. The first-order valence-electron chi connectivity index (χ1n) is 7.68. The topological polar surface area (TPSA) is 70.6 Å². The summed E-state index contributed by atoms with van der Waals surface area (Å²) in [6.45, 7) is 5.74. The highest BCUT2D eigenvalue weighted by molar-refractivity contribution is 5.43. The Morgan fingerprint density at radius 2 is 2.18 bits per heavy atom. The quantitative estimate of drug-likeness (QED) is 0.868. The molecule has 0 aromatic carbocycles. The van der Waals surface area contributed by atoms with E-state index in [1.807, 2.05) is 30.7 Å². The molecule has 0 bridgehead atoms. The Morgan fingerprint density at radius 1 is 1.32 bits per heavy atom. The van der Waals surface area contributed by atoms with Crippen LogP contribution in [-0.4, -0.2) is 32.3 Å². The van der Waals surface area contributed by atoms with E-state index in [0.29, 0.717) is 11.6 Å². The molecule has 3 rings (SSSR count). The number of piperidine rings is 1. The summed E-state index contributed by atoms with van der Waals surface area (Å²) >= 11 is 0. The maximum atomic E-state index is 8.90. The van der Waals surface area contributed by atoms with Gasteiger partial charge in [-0.2, -0.15) is 10.4 Å². The number of aryl methyl sites for hydroxylation is 2. The number of aromatic nitrogens is 4. The Kier molecular flexibility index (Phi) is 4.05. The molecule has 22 heavy (non-hydrogen) atoms. The summed E-state index contributed by atoms with van der Waals surface area (Å²) in [5, 5.41) is 13.4. The lowest BCUT2D eigenvalue weighted by molar-refractivity contribution is 0.392.